The summed E-state index contributed by atoms with van der Waals surface area (Å²) >= 11 is 0. The molecule has 0 bridgehead atoms. The van der Waals surface area contributed by atoms with Crippen LogP contribution in [0.2, 0.25) is 0 Å². The van der Waals surface area contributed by atoms with E-state index in [1.165, 1.54) is 50.8 Å². The fourth-order valence-electron chi connectivity index (χ4n) is 3.33. The van der Waals surface area contributed by atoms with Gasteiger partial charge in [-0.05, 0) is 30.7 Å². The molecule has 12 heteroatoms. The van der Waals surface area contributed by atoms with E-state index in [2.05, 4.69) is 10.5 Å². The monoisotopic (exact) mass is 512 g/mol. The lowest BCUT2D eigenvalue weighted by atomic mass is 10.2. The number of nitrogens with one attached hydrogen (secondary N) is 1. The van der Waals surface area contributed by atoms with Crippen molar-refractivity contribution in [1.29, 1.82) is 0 Å². The molecule has 0 atom stereocenters. The molecule has 0 aliphatic heterocycles. The van der Waals surface area contributed by atoms with Crippen molar-refractivity contribution in [3.05, 3.63) is 88.0 Å². The first-order valence-corrected chi connectivity index (χ1v) is 12.0. The van der Waals surface area contributed by atoms with Crippen LogP contribution in [-0.4, -0.2) is 46.2 Å². The molecule has 0 spiro atoms. The normalized spacial score (nSPS) is 11.2. The molecule has 188 valence electrons. The highest BCUT2D eigenvalue weighted by Gasteiger charge is 2.34. The van der Waals surface area contributed by atoms with Gasteiger partial charge in [0.05, 0.1) is 31.0 Å². The lowest BCUT2D eigenvalue weighted by Crippen LogP contribution is -2.40. The van der Waals surface area contributed by atoms with Crippen LogP contribution in [0.15, 0.2) is 76.7 Å². The van der Waals surface area contributed by atoms with Crippen molar-refractivity contribution in [2.75, 3.05) is 25.1 Å². The Morgan fingerprint density at radius 1 is 1.08 bits per heavy atom. The maximum Gasteiger partial charge on any atom is 0.289 e. The summed E-state index contributed by atoms with van der Waals surface area (Å²) in [7, 11) is -1.86. The molecule has 1 N–H and O–H groups in total. The number of ether oxygens (including phenoxy) is 2. The first-order valence-electron chi connectivity index (χ1n) is 10.5. The predicted octanol–water partition coefficient (Wildman–Crippen LogP) is 3.27. The molecule has 0 saturated heterocycles. The van der Waals surface area contributed by atoms with Gasteiger partial charge in [0.25, 0.3) is 21.6 Å². The average molecular weight is 513 g/mol. The molecule has 0 aliphatic carbocycles. The number of benzene rings is 3. The van der Waals surface area contributed by atoms with E-state index in [1.807, 2.05) is 25.1 Å². The number of rotatable bonds is 10. The van der Waals surface area contributed by atoms with Gasteiger partial charge >= 0.3 is 0 Å². The van der Waals surface area contributed by atoms with Crippen LogP contribution in [0, 0.1) is 17.0 Å². The first-order chi connectivity index (χ1) is 17.2. The Morgan fingerprint density at radius 3 is 2.50 bits per heavy atom. The van der Waals surface area contributed by atoms with E-state index in [0.29, 0.717) is 5.75 Å². The van der Waals surface area contributed by atoms with Gasteiger partial charge < -0.3 is 9.47 Å². The lowest BCUT2D eigenvalue weighted by Gasteiger charge is -2.25. The molecule has 0 aromatic heterocycles. The smallest absolute Gasteiger partial charge is 0.289 e. The molecule has 0 heterocycles. The van der Waals surface area contributed by atoms with Crippen LogP contribution >= 0.6 is 0 Å². The van der Waals surface area contributed by atoms with Gasteiger partial charge in [-0.2, -0.15) is 5.10 Å². The summed E-state index contributed by atoms with van der Waals surface area (Å²) in [5.41, 5.74) is 3.38. The number of methoxy groups -OCH3 is 2. The average Bonchev–Trinajstić information content (AvgIpc) is 2.87. The SMILES string of the molecule is COc1ccc(N(CC(=O)N/N=C\c2cccc(C)c2)S(=O)(=O)c2ccccc2[N+](=O)[O-])c(OC)c1. The number of nitro groups is 1. The number of carbonyl (C=O) groups excluding carboxylic acids is 1. The van der Waals surface area contributed by atoms with E-state index >= 15 is 0 Å². The quantitative estimate of drug-likeness (QED) is 0.250. The zero-order valence-electron chi connectivity index (χ0n) is 19.7. The van der Waals surface area contributed by atoms with Crippen LogP contribution in [0.1, 0.15) is 11.1 Å². The first kappa shape index (κ1) is 26.2. The topological polar surface area (TPSA) is 140 Å². The number of nitrogens with zero attached hydrogens (tertiary/aromatic N) is 3. The molecule has 0 aliphatic rings. The van der Waals surface area contributed by atoms with Gasteiger partial charge in [-0.15, -0.1) is 0 Å². The maximum atomic E-state index is 13.7. The van der Waals surface area contributed by atoms with E-state index in [4.69, 9.17) is 9.47 Å². The Kier molecular flexibility index (Phi) is 8.22. The Bertz CT molecular complexity index is 1410. The van der Waals surface area contributed by atoms with Crippen LogP contribution in [0.5, 0.6) is 11.5 Å². The largest absolute Gasteiger partial charge is 0.497 e. The minimum Gasteiger partial charge on any atom is -0.497 e. The number of nitro benzene ring substituents is 1. The van der Waals surface area contributed by atoms with Gasteiger partial charge in [0.1, 0.15) is 18.0 Å². The molecule has 3 aromatic carbocycles. The molecule has 1 amide bonds. The van der Waals surface area contributed by atoms with Crippen LogP contribution in [0.4, 0.5) is 11.4 Å². The van der Waals surface area contributed by atoms with E-state index in [0.717, 1.165) is 27.6 Å². The Hall–Kier alpha value is -4.45. The van der Waals surface area contributed by atoms with Crippen molar-refractivity contribution < 1.29 is 27.6 Å². The summed E-state index contributed by atoms with van der Waals surface area (Å²) in [4.78, 5) is 22.9. The van der Waals surface area contributed by atoms with Crippen molar-refractivity contribution in [1.82, 2.24) is 5.43 Å². The number of carbonyl (C=O) groups is 1. The third kappa shape index (κ3) is 5.96. The third-order valence-corrected chi connectivity index (χ3v) is 6.82. The number of sulfonamides is 1. The molecule has 0 radical (unpaired) electrons. The number of aryl methyl sites for hydroxylation is 1. The van der Waals surface area contributed by atoms with Gasteiger partial charge in [-0.25, -0.2) is 13.8 Å². The number of para-hydroxylation sites is 1. The standard InChI is InChI=1S/C24H24N4O7S/c1-17-7-6-8-18(13-17)15-25-26-24(29)16-27(20-12-11-19(34-2)14-22(20)35-3)36(32,33)23-10-5-4-9-21(23)28(30)31/h4-15H,16H2,1-3H3,(H,26,29)/b25-15-. The van der Waals surface area contributed by atoms with Gasteiger partial charge in [0, 0.05) is 12.1 Å². The maximum absolute atomic E-state index is 13.7. The minimum atomic E-state index is -4.60. The summed E-state index contributed by atoms with van der Waals surface area (Å²) < 4.78 is 38.5. The van der Waals surface area contributed by atoms with Gasteiger partial charge in [0.2, 0.25) is 0 Å². The van der Waals surface area contributed by atoms with Crippen molar-refractivity contribution in [2.45, 2.75) is 11.8 Å². The highest BCUT2D eigenvalue weighted by atomic mass is 32.2. The van der Waals surface area contributed by atoms with Crippen molar-refractivity contribution in [3.63, 3.8) is 0 Å². The second-order valence-corrected chi connectivity index (χ2v) is 9.31. The lowest BCUT2D eigenvalue weighted by molar-refractivity contribution is -0.387. The van der Waals surface area contributed by atoms with Crippen LogP contribution < -0.4 is 19.2 Å². The molecular weight excluding hydrogens is 488 g/mol. The predicted molar refractivity (Wildman–Crippen MR) is 134 cm³/mol. The Labute approximate surface area is 208 Å². The summed E-state index contributed by atoms with van der Waals surface area (Å²) in [6.45, 7) is 1.17. The van der Waals surface area contributed by atoms with Crippen LogP contribution in [0.25, 0.3) is 0 Å². The summed E-state index contributed by atoms with van der Waals surface area (Å²) in [6, 6.07) is 16.6. The molecule has 0 unspecified atom stereocenters. The zero-order valence-corrected chi connectivity index (χ0v) is 20.6. The number of amides is 1. The van der Waals surface area contributed by atoms with Crippen molar-refractivity contribution in [2.24, 2.45) is 5.10 Å². The Morgan fingerprint density at radius 2 is 1.83 bits per heavy atom. The van der Waals surface area contributed by atoms with E-state index in [9.17, 15) is 23.3 Å². The second-order valence-electron chi connectivity index (χ2n) is 7.48. The second kappa shape index (κ2) is 11.3. The third-order valence-electron chi connectivity index (χ3n) is 5.02. The summed E-state index contributed by atoms with van der Waals surface area (Å²) in [5, 5.41) is 15.4. The van der Waals surface area contributed by atoms with Gasteiger partial charge in [0.15, 0.2) is 4.90 Å². The number of anilines is 1. The van der Waals surface area contributed by atoms with Crippen LogP contribution in [0.3, 0.4) is 0 Å². The molecule has 3 aromatic rings. The van der Waals surface area contributed by atoms with Gasteiger partial charge in [-0.3, -0.25) is 19.2 Å². The van der Waals surface area contributed by atoms with E-state index in [-0.39, 0.29) is 11.4 Å². The number of hydrazone groups is 1. The minimum absolute atomic E-state index is 0.0192. The van der Waals surface area contributed by atoms with E-state index < -0.39 is 38.0 Å². The molecule has 3 rings (SSSR count). The molecule has 0 fully saturated rings. The number of hydrogen-bond donors (Lipinski definition) is 1. The molecule has 11 nitrogen and oxygen atoms in total. The fraction of sp³-hybridized carbons (Fsp3) is 0.167. The molecular formula is C24H24N4O7S. The summed E-state index contributed by atoms with van der Waals surface area (Å²) in [6.07, 6.45) is 1.42. The van der Waals surface area contributed by atoms with Gasteiger partial charge in [-0.1, -0.05) is 42.0 Å². The number of hydrogen-bond acceptors (Lipinski definition) is 8. The Balaban J connectivity index is 2.01. The highest BCUT2D eigenvalue weighted by molar-refractivity contribution is 7.93. The van der Waals surface area contributed by atoms with Crippen molar-refractivity contribution in [3.8, 4) is 11.5 Å². The van der Waals surface area contributed by atoms with Crippen LogP contribution in [-0.2, 0) is 14.8 Å². The van der Waals surface area contributed by atoms with Crippen molar-refractivity contribution >= 4 is 33.5 Å². The highest BCUT2D eigenvalue weighted by Crippen LogP contribution is 2.37. The van der Waals surface area contributed by atoms with E-state index in [1.54, 1.807) is 6.07 Å². The fourth-order valence-corrected chi connectivity index (χ4v) is 4.92. The molecule has 0 saturated carbocycles. The zero-order chi connectivity index (χ0) is 26.3. The molecule has 36 heavy (non-hydrogen) atoms. The summed E-state index contributed by atoms with van der Waals surface area (Å²) in [5.74, 6) is -0.322.